The molecule has 1 saturated heterocycles. The van der Waals surface area contributed by atoms with Gasteiger partial charge in [-0.15, -0.1) is 22.9 Å². The van der Waals surface area contributed by atoms with E-state index in [9.17, 15) is 0 Å². The molecule has 0 unspecified atom stereocenters. The Balaban J connectivity index is 2.01. The van der Waals surface area contributed by atoms with Crippen molar-refractivity contribution in [3.8, 4) is 0 Å². The summed E-state index contributed by atoms with van der Waals surface area (Å²) in [6, 6.07) is 0. The maximum absolute atomic E-state index is 5.72. The zero-order chi connectivity index (χ0) is 9.97. The van der Waals surface area contributed by atoms with Crippen LogP contribution in [0.4, 0.5) is 5.13 Å². The van der Waals surface area contributed by atoms with Gasteiger partial charge in [-0.25, -0.2) is 4.98 Å². The zero-order valence-corrected chi connectivity index (χ0v) is 9.81. The zero-order valence-electron chi connectivity index (χ0n) is 8.24. The lowest BCUT2D eigenvalue weighted by Crippen LogP contribution is -2.44. The van der Waals surface area contributed by atoms with Gasteiger partial charge in [0.2, 0.25) is 0 Å². The topological polar surface area (TPSA) is 19.4 Å². The molecule has 1 aromatic heterocycles. The molecule has 0 N–H and O–H groups in total. The van der Waals surface area contributed by atoms with Crippen molar-refractivity contribution in [1.82, 2.24) is 9.88 Å². The monoisotopic (exact) mass is 231 g/mol. The quantitative estimate of drug-likeness (QED) is 0.722. The molecule has 0 aromatic carbocycles. The lowest BCUT2D eigenvalue weighted by Gasteiger charge is -2.32. The summed E-state index contributed by atoms with van der Waals surface area (Å²) in [5.74, 6) is 0.518. The Morgan fingerprint density at radius 2 is 2.14 bits per heavy atom. The Morgan fingerprint density at radius 1 is 1.43 bits per heavy atom. The number of halogens is 1. The second-order valence-corrected chi connectivity index (χ2v) is 4.65. The van der Waals surface area contributed by atoms with Crippen molar-refractivity contribution in [2.75, 3.05) is 38.1 Å². The van der Waals surface area contributed by atoms with Crippen molar-refractivity contribution in [3.63, 3.8) is 0 Å². The molecule has 1 aliphatic rings. The molecule has 14 heavy (non-hydrogen) atoms. The molecule has 0 radical (unpaired) electrons. The predicted molar refractivity (Wildman–Crippen MR) is 61.4 cm³/mol. The summed E-state index contributed by atoms with van der Waals surface area (Å²) in [5.41, 5.74) is 0.991. The van der Waals surface area contributed by atoms with E-state index in [2.05, 4.69) is 21.8 Å². The first-order valence-corrected chi connectivity index (χ1v) is 6.15. The second kappa shape index (κ2) is 4.47. The van der Waals surface area contributed by atoms with Crippen molar-refractivity contribution in [2.45, 2.75) is 5.88 Å². The number of rotatable bonds is 2. The third kappa shape index (κ3) is 2.19. The summed E-state index contributed by atoms with van der Waals surface area (Å²) in [5, 5.41) is 3.16. The number of alkyl halides is 1. The first kappa shape index (κ1) is 10.2. The largest absolute Gasteiger partial charge is 0.346 e. The van der Waals surface area contributed by atoms with Crippen LogP contribution >= 0.6 is 22.9 Å². The number of hydrogen-bond acceptors (Lipinski definition) is 4. The van der Waals surface area contributed by atoms with Gasteiger partial charge >= 0.3 is 0 Å². The Morgan fingerprint density at radius 3 is 2.71 bits per heavy atom. The fourth-order valence-corrected chi connectivity index (χ4v) is 2.61. The molecule has 1 aromatic rings. The van der Waals surface area contributed by atoms with E-state index in [1.807, 2.05) is 5.38 Å². The summed E-state index contributed by atoms with van der Waals surface area (Å²) < 4.78 is 0. The van der Waals surface area contributed by atoms with Gasteiger partial charge in [-0.1, -0.05) is 0 Å². The first-order valence-electron chi connectivity index (χ1n) is 4.73. The van der Waals surface area contributed by atoms with Crippen molar-refractivity contribution in [2.24, 2.45) is 0 Å². The Labute approximate surface area is 93.3 Å². The van der Waals surface area contributed by atoms with E-state index in [-0.39, 0.29) is 0 Å². The Bertz CT molecular complexity index is 294. The molecule has 0 atom stereocenters. The second-order valence-electron chi connectivity index (χ2n) is 3.55. The van der Waals surface area contributed by atoms with Crippen molar-refractivity contribution in [3.05, 3.63) is 11.1 Å². The van der Waals surface area contributed by atoms with Gasteiger partial charge < -0.3 is 9.80 Å². The molecule has 1 aliphatic heterocycles. The van der Waals surface area contributed by atoms with Crippen LogP contribution in [-0.4, -0.2) is 43.1 Å². The van der Waals surface area contributed by atoms with Crippen LogP contribution in [0.5, 0.6) is 0 Å². The summed E-state index contributed by atoms with van der Waals surface area (Å²) >= 11 is 7.41. The number of likely N-dealkylation sites (N-methyl/N-ethyl adjacent to an activating group) is 1. The molecule has 3 nitrogen and oxygen atoms in total. The summed E-state index contributed by atoms with van der Waals surface area (Å²) in [6.07, 6.45) is 0. The smallest absolute Gasteiger partial charge is 0.185 e. The predicted octanol–water partition coefficient (Wildman–Crippen LogP) is 1.63. The molecule has 0 bridgehead atoms. The van der Waals surface area contributed by atoms with Crippen molar-refractivity contribution in [1.29, 1.82) is 0 Å². The molecular weight excluding hydrogens is 218 g/mol. The molecule has 78 valence electrons. The molecule has 2 heterocycles. The molecule has 0 saturated carbocycles. The Hall–Kier alpha value is -0.320. The molecule has 0 amide bonds. The number of thiazole rings is 1. The van der Waals surface area contributed by atoms with E-state index in [0.717, 1.165) is 37.0 Å². The van der Waals surface area contributed by atoms with E-state index < -0.39 is 0 Å². The van der Waals surface area contributed by atoms with Gasteiger partial charge in [0, 0.05) is 31.6 Å². The van der Waals surface area contributed by atoms with Crippen LogP contribution in [-0.2, 0) is 5.88 Å². The Kier molecular flexibility index (Phi) is 3.26. The third-order valence-electron chi connectivity index (χ3n) is 2.45. The highest BCUT2D eigenvalue weighted by Crippen LogP contribution is 2.22. The maximum Gasteiger partial charge on any atom is 0.185 e. The van der Waals surface area contributed by atoms with Gasteiger partial charge in [0.15, 0.2) is 5.13 Å². The van der Waals surface area contributed by atoms with Crippen LogP contribution in [0.2, 0.25) is 0 Å². The van der Waals surface area contributed by atoms with Gasteiger partial charge in [0.25, 0.3) is 0 Å². The fraction of sp³-hybridized carbons (Fsp3) is 0.667. The third-order valence-corrected chi connectivity index (χ3v) is 3.67. The number of piperazine rings is 1. The van der Waals surface area contributed by atoms with Crippen LogP contribution < -0.4 is 4.90 Å². The van der Waals surface area contributed by atoms with Gasteiger partial charge in [0.1, 0.15) is 0 Å². The molecule has 0 spiro atoms. The number of aromatic nitrogens is 1. The van der Waals surface area contributed by atoms with Crippen LogP contribution in [0.1, 0.15) is 5.69 Å². The van der Waals surface area contributed by atoms with Crippen LogP contribution in [0, 0.1) is 0 Å². The van der Waals surface area contributed by atoms with Crippen molar-refractivity contribution >= 4 is 28.1 Å². The van der Waals surface area contributed by atoms with Gasteiger partial charge in [-0.2, -0.15) is 0 Å². The van der Waals surface area contributed by atoms with E-state index in [1.165, 1.54) is 0 Å². The molecule has 0 aliphatic carbocycles. The summed E-state index contributed by atoms with van der Waals surface area (Å²) in [7, 11) is 2.16. The average molecular weight is 232 g/mol. The molecular formula is C9H14ClN3S. The van der Waals surface area contributed by atoms with E-state index in [4.69, 9.17) is 11.6 Å². The van der Waals surface area contributed by atoms with Gasteiger partial charge in [0.05, 0.1) is 11.6 Å². The molecule has 5 heteroatoms. The van der Waals surface area contributed by atoms with Crippen LogP contribution in [0.25, 0.3) is 0 Å². The van der Waals surface area contributed by atoms with Crippen LogP contribution in [0.3, 0.4) is 0 Å². The maximum atomic E-state index is 5.72. The van der Waals surface area contributed by atoms with Crippen LogP contribution in [0.15, 0.2) is 5.38 Å². The molecule has 1 fully saturated rings. The highest BCUT2D eigenvalue weighted by atomic mass is 35.5. The minimum atomic E-state index is 0.518. The van der Waals surface area contributed by atoms with Gasteiger partial charge in [-0.3, -0.25) is 0 Å². The van der Waals surface area contributed by atoms with Crippen molar-refractivity contribution < 1.29 is 0 Å². The van der Waals surface area contributed by atoms with E-state index in [0.29, 0.717) is 5.88 Å². The lowest BCUT2D eigenvalue weighted by molar-refractivity contribution is 0.312. The highest BCUT2D eigenvalue weighted by Gasteiger charge is 2.16. The normalized spacial score (nSPS) is 18.9. The summed E-state index contributed by atoms with van der Waals surface area (Å²) in [4.78, 5) is 9.15. The summed E-state index contributed by atoms with van der Waals surface area (Å²) in [6.45, 7) is 4.39. The number of anilines is 1. The average Bonchev–Trinajstić information content (AvgIpc) is 2.67. The van der Waals surface area contributed by atoms with E-state index in [1.54, 1.807) is 11.3 Å². The molecule has 2 rings (SSSR count). The first-order chi connectivity index (χ1) is 6.79. The number of nitrogens with zero attached hydrogens (tertiary/aromatic N) is 3. The standard InChI is InChI=1S/C9H14ClN3S/c1-12-2-4-13(5-3-12)9-11-8(6-10)7-14-9/h7H,2-6H2,1H3. The minimum absolute atomic E-state index is 0.518. The fourth-order valence-electron chi connectivity index (χ4n) is 1.50. The number of hydrogen-bond donors (Lipinski definition) is 0. The lowest BCUT2D eigenvalue weighted by atomic mass is 10.3. The van der Waals surface area contributed by atoms with Gasteiger partial charge in [-0.05, 0) is 7.05 Å². The van der Waals surface area contributed by atoms with E-state index >= 15 is 0 Å². The minimum Gasteiger partial charge on any atom is -0.346 e. The highest BCUT2D eigenvalue weighted by molar-refractivity contribution is 7.13. The SMILES string of the molecule is CN1CCN(c2nc(CCl)cs2)CC1.